The minimum atomic E-state index is -3.61. The number of carbonyl (C=O) groups excluding carboxylic acids is 1. The van der Waals surface area contributed by atoms with Crippen molar-refractivity contribution >= 4 is 21.6 Å². The molecule has 1 aliphatic heterocycles. The number of nitrogens with one attached hydrogen (secondary N) is 2. The van der Waals surface area contributed by atoms with Gasteiger partial charge in [-0.1, -0.05) is 0 Å². The first-order chi connectivity index (χ1) is 13.5. The molecular formula is C20H24N2O5S. The van der Waals surface area contributed by atoms with E-state index in [0.29, 0.717) is 30.2 Å². The molecule has 1 heterocycles. The molecule has 0 bridgehead atoms. The molecule has 0 unspecified atom stereocenters. The number of hydrogen-bond acceptors (Lipinski definition) is 5. The number of anilines is 1. The van der Waals surface area contributed by atoms with Gasteiger partial charge >= 0.3 is 0 Å². The van der Waals surface area contributed by atoms with Crippen molar-refractivity contribution in [2.75, 3.05) is 25.1 Å². The van der Waals surface area contributed by atoms with Crippen molar-refractivity contribution in [2.24, 2.45) is 0 Å². The molecule has 0 radical (unpaired) electrons. The Hall–Kier alpha value is -2.42. The number of amides is 1. The normalized spacial score (nSPS) is 16.7. The van der Waals surface area contributed by atoms with Gasteiger partial charge in [0.2, 0.25) is 10.0 Å². The molecule has 2 N–H and O–H groups in total. The highest BCUT2D eigenvalue weighted by atomic mass is 32.2. The Morgan fingerprint density at radius 2 is 1.86 bits per heavy atom. The number of hydrogen-bond donors (Lipinski definition) is 2. The SMILES string of the molecule is CCOc1ccc(C(=O)Nc2ccc(S(=O)(=O)NC[C@@H]3CCCO3)cc2)cc1. The van der Waals surface area contributed by atoms with Crippen LogP contribution in [-0.2, 0) is 14.8 Å². The fourth-order valence-electron chi connectivity index (χ4n) is 2.88. The maximum Gasteiger partial charge on any atom is 0.255 e. The Morgan fingerprint density at radius 1 is 1.14 bits per heavy atom. The van der Waals surface area contributed by atoms with Gasteiger partial charge in [0.05, 0.1) is 17.6 Å². The first kappa shape index (κ1) is 20.3. The highest BCUT2D eigenvalue weighted by Gasteiger charge is 2.20. The molecule has 1 amide bonds. The van der Waals surface area contributed by atoms with Crippen LogP contribution >= 0.6 is 0 Å². The van der Waals surface area contributed by atoms with Crippen LogP contribution in [0.2, 0.25) is 0 Å². The molecule has 8 heteroatoms. The van der Waals surface area contributed by atoms with Gasteiger partial charge in [0, 0.05) is 24.4 Å². The minimum absolute atomic E-state index is 0.0672. The molecule has 2 aromatic carbocycles. The molecule has 3 rings (SSSR count). The molecule has 1 aliphatic rings. The molecular weight excluding hydrogens is 380 g/mol. The maximum absolute atomic E-state index is 12.4. The summed E-state index contributed by atoms with van der Waals surface area (Å²) >= 11 is 0. The van der Waals surface area contributed by atoms with E-state index >= 15 is 0 Å². The van der Waals surface area contributed by atoms with Gasteiger partial charge in [-0.25, -0.2) is 13.1 Å². The third-order valence-corrected chi connectivity index (χ3v) is 5.81. The summed E-state index contributed by atoms with van der Waals surface area (Å²) in [4.78, 5) is 12.5. The average Bonchev–Trinajstić information content (AvgIpc) is 3.21. The third-order valence-electron chi connectivity index (χ3n) is 4.38. The fourth-order valence-corrected chi connectivity index (χ4v) is 3.95. The Bertz CT molecular complexity index is 889. The van der Waals surface area contributed by atoms with E-state index in [1.807, 2.05) is 6.92 Å². The van der Waals surface area contributed by atoms with Gasteiger partial charge in [-0.05, 0) is 68.3 Å². The van der Waals surface area contributed by atoms with Crippen LogP contribution in [0.15, 0.2) is 53.4 Å². The topological polar surface area (TPSA) is 93.7 Å². The number of ether oxygens (including phenoxy) is 2. The zero-order valence-corrected chi connectivity index (χ0v) is 16.5. The van der Waals surface area contributed by atoms with Gasteiger partial charge in [0.1, 0.15) is 5.75 Å². The standard InChI is InChI=1S/C20H24N2O5S/c1-2-26-17-9-5-15(6-10-17)20(23)22-16-7-11-19(12-8-16)28(24,25)21-14-18-4-3-13-27-18/h5-12,18,21H,2-4,13-14H2,1H3,(H,22,23)/t18-/m0/s1. The highest BCUT2D eigenvalue weighted by molar-refractivity contribution is 7.89. The molecule has 1 atom stereocenters. The predicted molar refractivity (Wildman–Crippen MR) is 106 cm³/mol. The lowest BCUT2D eigenvalue weighted by Gasteiger charge is -2.12. The van der Waals surface area contributed by atoms with Gasteiger partial charge in [-0.2, -0.15) is 0 Å². The Kier molecular flexibility index (Phi) is 6.66. The van der Waals surface area contributed by atoms with Crippen LogP contribution in [0, 0.1) is 0 Å². The van der Waals surface area contributed by atoms with E-state index < -0.39 is 10.0 Å². The smallest absolute Gasteiger partial charge is 0.255 e. The molecule has 0 aromatic heterocycles. The lowest BCUT2D eigenvalue weighted by Crippen LogP contribution is -2.31. The Balaban J connectivity index is 1.59. The van der Waals surface area contributed by atoms with Crippen molar-refractivity contribution in [2.45, 2.75) is 30.8 Å². The lowest BCUT2D eigenvalue weighted by molar-refractivity contribution is 0.102. The van der Waals surface area contributed by atoms with Gasteiger partial charge in [-0.3, -0.25) is 4.79 Å². The van der Waals surface area contributed by atoms with E-state index in [1.165, 1.54) is 12.1 Å². The van der Waals surface area contributed by atoms with Crippen LogP contribution in [-0.4, -0.2) is 40.2 Å². The summed E-state index contributed by atoms with van der Waals surface area (Å²) in [5, 5.41) is 2.75. The summed E-state index contributed by atoms with van der Waals surface area (Å²) in [5.74, 6) is 0.416. The van der Waals surface area contributed by atoms with Crippen LogP contribution in [0.5, 0.6) is 5.75 Å². The van der Waals surface area contributed by atoms with E-state index in [2.05, 4.69) is 10.0 Å². The number of rotatable bonds is 8. The molecule has 1 saturated heterocycles. The second kappa shape index (κ2) is 9.18. The average molecular weight is 404 g/mol. The number of benzene rings is 2. The van der Waals surface area contributed by atoms with Crippen molar-refractivity contribution in [3.63, 3.8) is 0 Å². The second-order valence-corrected chi connectivity index (χ2v) is 8.19. The molecule has 28 heavy (non-hydrogen) atoms. The fraction of sp³-hybridized carbons (Fsp3) is 0.350. The van der Waals surface area contributed by atoms with E-state index in [4.69, 9.17) is 9.47 Å². The van der Waals surface area contributed by atoms with Crippen LogP contribution < -0.4 is 14.8 Å². The Morgan fingerprint density at radius 3 is 2.46 bits per heavy atom. The van der Waals surface area contributed by atoms with Crippen molar-refractivity contribution < 1.29 is 22.7 Å². The largest absolute Gasteiger partial charge is 0.494 e. The molecule has 7 nitrogen and oxygen atoms in total. The number of sulfonamides is 1. The summed E-state index contributed by atoms with van der Waals surface area (Å²) in [6, 6.07) is 12.9. The summed E-state index contributed by atoms with van der Waals surface area (Å²) in [6.45, 7) is 3.39. The third kappa shape index (κ3) is 5.31. The zero-order chi connectivity index (χ0) is 20.0. The first-order valence-electron chi connectivity index (χ1n) is 9.23. The first-order valence-corrected chi connectivity index (χ1v) is 10.7. The lowest BCUT2D eigenvalue weighted by atomic mass is 10.2. The van der Waals surface area contributed by atoms with Crippen LogP contribution in [0.25, 0.3) is 0 Å². The monoisotopic (exact) mass is 404 g/mol. The predicted octanol–water partition coefficient (Wildman–Crippen LogP) is 2.79. The highest BCUT2D eigenvalue weighted by Crippen LogP contribution is 2.17. The van der Waals surface area contributed by atoms with Gasteiger partial charge in [0.15, 0.2) is 0 Å². The molecule has 0 spiro atoms. The second-order valence-electron chi connectivity index (χ2n) is 6.42. The van der Waals surface area contributed by atoms with Crippen molar-refractivity contribution in [1.29, 1.82) is 0 Å². The molecule has 150 valence electrons. The summed E-state index contributed by atoms with van der Waals surface area (Å²) in [6.07, 6.45) is 1.75. The summed E-state index contributed by atoms with van der Waals surface area (Å²) in [7, 11) is -3.61. The van der Waals surface area contributed by atoms with Crippen molar-refractivity contribution in [3.05, 3.63) is 54.1 Å². The molecule has 2 aromatic rings. The maximum atomic E-state index is 12.4. The number of carbonyl (C=O) groups is 1. The molecule has 0 saturated carbocycles. The van der Waals surface area contributed by atoms with Crippen molar-refractivity contribution in [1.82, 2.24) is 4.72 Å². The van der Waals surface area contributed by atoms with Gasteiger partial charge in [-0.15, -0.1) is 0 Å². The van der Waals surface area contributed by atoms with Crippen LogP contribution in [0.4, 0.5) is 5.69 Å². The summed E-state index contributed by atoms with van der Waals surface area (Å²) in [5.41, 5.74) is 0.996. The quantitative estimate of drug-likeness (QED) is 0.706. The van der Waals surface area contributed by atoms with E-state index in [9.17, 15) is 13.2 Å². The van der Waals surface area contributed by atoms with Crippen LogP contribution in [0.3, 0.4) is 0 Å². The van der Waals surface area contributed by atoms with E-state index in [-0.39, 0.29) is 23.5 Å². The van der Waals surface area contributed by atoms with Crippen LogP contribution in [0.1, 0.15) is 30.1 Å². The van der Waals surface area contributed by atoms with E-state index in [1.54, 1.807) is 36.4 Å². The molecule has 1 fully saturated rings. The Labute approximate surface area is 165 Å². The minimum Gasteiger partial charge on any atom is -0.494 e. The summed E-state index contributed by atoms with van der Waals surface area (Å²) < 4.78 is 38.1. The zero-order valence-electron chi connectivity index (χ0n) is 15.7. The van der Waals surface area contributed by atoms with Gasteiger partial charge < -0.3 is 14.8 Å². The van der Waals surface area contributed by atoms with E-state index in [0.717, 1.165) is 12.8 Å². The molecule has 0 aliphatic carbocycles. The van der Waals surface area contributed by atoms with Gasteiger partial charge in [0.25, 0.3) is 5.91 Å². The van der Waals surface area contributed by atoms with Crippen molar-refractivity contribution in [3.8, 4) is 5.75 Å².